The molecule has 1 atom stereocenters. The van der Waals surface area contributed by atoms with Crippen LogP contribution in [0.15, 0.2) is 30.9 Å². The van der Waals surface area contributed by atoms with Gasteiger partial charge in [0.2, 0.25) is 0 Å². The molecule has 1 aromatic heterocycles. The van der Waals surface area contributed by atoms with Crippen LogP contribution in [0.4, 0.5) is 4.39 Å². The summed E-state index contributed by atoms with van der Waals surface area (Å²) in [6.07, 6.45) is 2.93. The minimum Gasteiger partial charge on any atom is -0.489 e. The van der Waals surface area contributed by atoms with E-state index in [0.717, 1.165) is 0 Å². The Hall–Kier alpha value is -1.66. The van der Waals surface area contributed by atoms with Crippen LogP contribution in [-0.4, -0.2) is 32.1 Å². The number of hydrogen-bond acceptors (Lipinski definition) is 4. The van der Waals surface area contributed by atoms with E-state index >= 15 is 0 Å². The van der Waals surface area contributed by atoms with Crippen LogP contribution >= 0.6 is 11.6 Å². The minimum absolute atomic E-state index is 0.0122. The molecule has 0 saturated carbocycles. The molecule has 2 rings (SSSR count). The molecule has 22 heavy (non-hydrogen) atoms. The molecule has 7 heteroatoms. The average Bonchev–Trinajstić information content (AvgIpc) is 2.89. The number of nitrogens with zero attached hydrogens (tertiary/aromatic N) is 3. The lowest BCUT2D eigenvalue weighted by Crippen LogP contribution is -2.51. The molecular formula is C15H19ClFN3O2. The van der Waals surface area contributed by atoms with Crippen molar-refractivity contribution >= 4 is 11.6 Å². The third kappa shape index (κ3) is 3.75. The molecule has 0 spiro atoms. The summed E-state index contributed by atoms with van der Waals surface area (Å²) < 4.78 is 20.2. The van der Waals surface area contributed by atoms with Crippen LogP contribution in [-0.2, 0) is 6.54 Å². The summed E-state index contributed by atoms with van der Waals surface area (Å²) in [5, 5.41) is 15.2. The first-order valence-electron chi connectivity index (χ1n) is 6.84. The molecule has 1 unspecified atom stereocenters. The first-order chi connectivity index (χ1) is 10.2. The van der Waals surface area contributed by atoms with Gasteiger partial charge in [-0.2, -0.15) is 5.10 Å². The van der Waals surface area contributed by atoms with E-state index in [1.54, 1.807) is 4.68 Å². The summed E-state index contributed by atoms with van der Waals surface area (Å²) in [5.41, 5.74) is -1.69. The van der Waals surface area contributed by atoms with Crippen molar-refractivity contribution < 1.29 is 14.2 Å². The van der Waals surface area contributed by atoms with Crippen LogP contribution in [0.3, 0.4) is 0 Å². The summed E-state index contributed by atoms with van der Waals surface area (Å²) in [6.45, 7) is 5.91. The molecular weight excluding hydrogens is 309 g/mol. The predicted octanol–water partition coefficient (Wildman–Crippen LogP) is 2.93. The van der Waals surface area contributed by atoms with E-state index in [1.807, 2.05) is 20.8 Å². The van der Waals surface area contributed by atoms with Crippen molar-refractivity contribution in [3.63, 3.8) is 0 Å². The zero-order valence-electron chi connectivity index (χ0n) is 12.8. The van der Waals surface area contributed by atoms with Crippen molar-refractivity contribution in [3.05, 3.63) is 41.7 Å². The molecule has 0 radical (unpaired) electrons. The summed E-state index contributed by atoms with van der Waals surface area (Å²) >= 11 is 5.94. The van der Waals surface area contributed by atoms with Gasteiger partial charge in [-0.15, -0.1) is 0 Å². The smallest absolute Gasteiger partial charge is 0.138 e. The number of aliphatic hydroxyl groups is 1. The number of aromatic nitrogens is 3. The molecule has 1 N–H and O–H groups in total. The molecule has 0 aliphatic carbocycles. The lowest BCUT2D eigenvalue weighted by atomic mass is 9.77. The normalized spacial score (nSPS) is 14.6. The zero-order chi connectivity index (χ0) is 16.4. The van der Waals surface area contributed by atoms with E-state index in [9.17, 15) is 9.50 Å². The molecule has 0 aliphatic rings. The Morgan fingerprint density at radius 3 is 2.64 bits per heavy atom. The van der Waals surface area contributed by atoms with Gasteiger partial charge >= 0.3 is 0 Å². The second-order valence-corrected chi connectivity index (χ2v) is 6.65. The van der Waals surface area contributed by atoms with E-state index < -0.39 is 16.8 Å². The van der Waals surface area contributed by atoms with Gasteiger partial charge in [-0.1, -0.05) is 32.4 Å². The summed E-state index contributed by atoms with van der Waals surface area (Å²) in [4.78, 5) is 3.87. The van der Waals surface area contributed by atoms with Gasteiger partial charge in [0.15, 0.2) is 0 Å². The van der Waals surface area contributed by atoms with Gasteiger partial charge in [0, 0.05) is 0 Å². The predicted molar refractivity (Wildman–Crippen MR) is 81.3 cm³/mol. The SMILES string of the molecule is CC(C)(C)C(O)(COc1ccc(F)cc1Cl)Cn1cncn1. The number of rotatable bonds is 5. The highest BCUT2D eigenvalue weighted by molar-refractivity contribution is 6.32. The lowest BCUT2D eigenvalue weighted by molar-refractivity contribution is -0.101. The summed E-state index contributed by atoms with van der Waals surface area (Å²) in [5.74, 6) is -0.115. The number of benzene rings is 1. The molecule has 0 bridgehead atoms. The molecule has 5 nitrogen and oxygen atoms in total. The fraction of sp³-hybridized carbons (Fsp3) is 0.467. The number of ether oxygens (including phenoxy) is 1. The Balaban J connectivity index is 2.16. The fourth-order valence-electron chi connectivity index (χ4n) is 1.87. The highest BCUT2D eigenvalue weighted by Gasteiger charge is 2.41. The van der Waals surface area contributed by atoms with Gasteiger partial charge < -0.3 is 9.84 Å². The maximum absolute atomic E-state index is 13.1. The van der Waals surface area contributed by atoms with Crippen molar-refractivity contribution in [2.24, 2.45) is 5.41 Å². The van der Waals surface area contributed by atoms with Gasteiger partial charge in [-0.25, -0.2) is 14.1 Å². The first-order valence-corrected chi connectivity index (χ1v) is 7.22. The minimum atomic E-state index is -1.21. The second-order valence-electron chi connectivity index (χ2n) is 6.24. The van der Waals surface area contributed by atoms with Crippen molar-refractivity contribution in [2.75, 3.05) is 6.61 Å². The Bertz CT molecular complexity index is 628. The van der Waals surface area contributed by atoms with Crippen LogP contribution in [0, 0.1) is 11.2 Å². The quantitative estimate of drug-likeness (QED) is 0.917. The number of halogens is 2. The highest BCUT2D eigenvalue weighted by Crippen LogP contribution is 2.34. The van der Waals surface area contributed by atoms with Crippen LogP contribution < -0.4 is 4.74 Å². The fourth-order valence-corrected chi connectivity index (χ4v) is 2.09. The van der Waals surface area contributed by atoms with Crippen LogP contribution in [0.5, 0.6) is 5.75 Å². The second kappa shape index (κ2) is 6.22. The summed E-state index contributed by atoms with van der Waals surface area (Å²) in [7, 11) is 0. The van der Waals surface area contributed by atoms with E-state index in [4.69, 9.17) is 16.3 Å². The molecule has 0 aliphatic heterocycles. The van der Waals surface area contributed by atoms with Crippen molar-refractivity contribution in [1.82, 2.24) is 14.8 Å². The number of hydrogen-bond donors (Lipinski definition) is 1. The van der Waals surface area contributed by atoms with Crippen LogP contribution in [0.1, 0.15) is 20.8 Å². The van der Waals surface area contributed by atoms with E-state index in [2.05, 4.69) is 10.1 Å². The van der Waals surface area contributed by atoms with Crippen molar-refractivity contribution in [1.29, 1.82) is 0 Å². The molecule has 0 fully saturated rings. The van der Waals surface area contributed by atoms with Crippen molar-refractivity contribution in [2.45, 2.75) is 32.9 Å². The van der Waals surface area contributed by atoms with Gasteiger partial charge in [0.1, 0.15) is 36.4 Å². The first kappa shape index (κ1) is 16.7. The van der Waals surface area contributed by atoms with E-state index in [1.165, 1.54) is 30.9 Å². The van der Waals surface area contributed by atoms with Crippen LogP contribution in [0.2, 0.25) is 5.02 Å². The highest BCUT2D eigenvalue weighted by atomic mass is 35.5. The molecule has 0 amide bonds. The summed E-state index contributed by atoms with van der Waals surface area (Å²) in [6, 6.07) is 3.87. The van der Waals surface area contributed by atoms with Crippen molar-refractivity contribution in [3.8, 4) is 5.75 Å². The molecule has 1 heterocycles. The van der Waals surface area contributed by atoms with E-state index in [-0.39, 0.29) is 18.2 Å². The monoisotopic (exact) mass is 327 g/mol. The average molecular weight is 328 g/mol. The lowest BCUT2D eigenvalue weighted by Gasteiger charge is -2.39. The maximum Gasteiger partial charge on any atom is 0.138 e. The largest absolute Gasteiger partial charge is 0.489 e. The van der Waals surface area contributed by atoms with Gasteiger partial charge in [0.25, 0.3) is 0 Å². The van der Waals surface area contributed by atoms with E-state index in [0.29, 0.717) is 5.75 Å². The third-order valence-corrected chi connectivity index (χ3v) is 3.94. The van der Waals surface area contributed by atoms with Gasteiger partial charge in [-0.05, 0) is 23.6 Å². The maximum atomic E-state index is 13.1. The Labute approximate surface area is 133 Å². The Morgan fingerprint density at radius 1 is 1.36 bits per heavy atom. The third-order valence-electron chi connectivity index (χ3n) is 3.65. The molecule has 1 aromatic carbocycles. The Kier molecular flexibility index (Phi) is 4.72. The van der Waals surface area contributed by atoms with Gasteiger partial charge in [-0.3, -0.25) is 0 Å². The topological polar surface area (TPSA) is 60.2 Å². The standard InChI is InChI=1S/C15H19ClFN3O2/c1-14(2,3)15(21,7-20-10-18-9-19-20)8-22-13-5-4-11(17)6-12(13)16/h4-6,9-10,21H,7-8H2,1-3H3. The van der Waals surface area contributed by atoms with Gasteiger partial charge in [0.05, 0.1) is 11.6 Å². The molecule has 120 valence electrons. The molecule has 0 saturated heterocycles. The molecule has 2 aromatic rings. The zero-order valence-corrected chi connectivity index (χ0v) is 13.5. The van der Waals surface area contributed by atoms with Crippen LogP contribution in [0.25, 0.3) is 0 Å². The Morgan fingerprint density at radius 2 is 2.09 bits per heavy atom.